The molecule has 3 N–H and O–H groups in total. The predicted molar refractivity (Wildman–Crippen MR) is 78.8 cm³/mol. The molecule has 0 saturated carbocycles. The third-order valence-corrected chi connectivity index (χ3v) is 3.42. The number of carbonyl (C=O) groups is 2. The first-order chi connectivity index (χ1) is 8.81. The highest BCUT2D eigenvalue weighted by Crippen LogP contribution is 2.19. The van der Waals surface area contributed by atoms with Crippen molar-refractivity contribution in [3.63, 3.8) is 0 Å². The first-order valence-corrected chi connectivity index (χ1v) is 6.66. The molecule has 5 nitrogen and oxygen atoms in total. The molecule has 6 heteroatoms. The zero-order chi connectivity index (χ0) is 14.6. The van der Waals surface area contributed by atoms with Crippen LogP contribution in [0.4, 0.5) is 5.69 Å². The van der Waals surface area contributed by atoms with Crippen molar-refractivity contribution in [2.24, 2.45) is 5.73 Å². The van der Waals surface area contributed by atoms with Crippen LogP contribution < -0.4 is 11.1 Å². The number of nitrogens with zero attached hydrogens (tertiary/aromatic N) is 1. The van der Waals surface area contributed by atoms with Crippen molar-refractivity contribution in [2.75, 3.05) is 18.9 Å². The molecule has 104 valence electrons. The summed E-state index contributed by atoms with van der Waals surface area (Å²) in [6.07, 6.45) is 0. The number of amides is 2. The molecule has 0 aliphatic heterocycles. The zero-order valence-electron chi connectivity index (χ0n) is 11.2. The molecule has 0 unspecified atom stereocenters. The second-order valence-electron chi connectivity index (χ2n) is 4.50. The van der Waals surface area contributed by atoms with Crippen LogP contribution in [0, 0.1) is 6.92 Å². The van der Waals surface area contributed by atoms with Gasteiger partial charge in [0, 0.05) is 10.2 Å². The number of nitrogens with two attached hydrogens (primary N) is 1. The molecule has 0 radical (unpaired) electrons. The number of carbonyl (C=O) groups excluding carboxylic acids is 2. The fraction of sp³-hybridized carbons (Fsp3) is 0.385. The normalized spacial score (nSPS) is 12.3. The van der Waals surface area contributed by atoms with Crippen LogP contribution in [0.1, 0.15) is 12.5 Å². The Morgan fingerprint density at radius 1 is 1.47 bits per heavy atom. The molecule has 1 aromatic carbocycles. The van der Waals surface area contributed by atoms with Gasteiger partial charge < -0.3 is 11.1 Å². The molecule has 19 heavy (non-hydrogen) atoms. The molecule has 0 aromatic heterocycles. The Labute approximate surface area is 121 Å². The number of nitrogens with one attached hydrogen (secondary N) is 1. The lowest BCUT2D eigenvalue weighted by Crippen LogP contribution is -2.43. The van der Waals surface area contributed by atoms with Crippen molar-refractivity contribution in [2.45, 2.75) is 19.9 Å². The molecule has 0 heterocycles. The van der Waals surface area contributed by atoms with Crippen molar-refractivity contribution >= 4 is 33.4 Å². The minimum atomic E-state index is -0.475. The van der Waals surface area contributed by atoms with E-state index in [1.807, 2.05) is 25.1 Å². The van der Waals surface area contributed by atoms with Gasteiger partial charge in [0.25, 0.3) is 0 Å². The number of primary amides is 1. The lowest BCUT2D eigenvalue weighted by molar-refractivity contribution is -0.123. The SMILES string of the molecule is Cc1cc(Br)ccc1NC(=O)CN(C)[C@H](C)C(N)=O. The average molecular weight is 328 g/mol. The van der Waals surface area contributed by atoms with Crippen molar-refractivity contribution in [1.29, 1.82) is 0 Å². The first-order valence-electron chi connectivity index (χ1n) is 5.87. The molecule has 2 amide bonds. The standard InChI is InChI=1S/C13H18BrN3O2/c1-8-6-10(14)4-5-11(8)16-12(18)7-17(3)9(2)13(15)19/h4-6,9H,7H2,1-3H3,(H2,15,19)(H,16,18)/t9-/m1/s1. The minimum Gasteiger partial charge on any atom is -0.368 e. The molecule has 1 rings (SSSR count). The van der Waals surface area contributed by atoms with Crippen LogP contribution in [0.3, 0.4) is 0 Å². The van der Waals surface area contributed by atoms with Gasteiger partial charge in [0.2, 0.25) is 11.8 Å². The maximum absolute atomic E-state index is 11.9. The number of halogens is 1. The van der Waals surface area contributed by atoms with E-state index in [4.69, 9.17) is 5.73 Å². The monoisotopic (exact) mass is 327 g/mol. The summed E-state index contributed by atoms with van der Waals surface area (Å²) in [6, 6.07) is 5.13. The second kappa shape index (κ2) is 6.68. The van der Waals surface area contributed by atoms with Gasteiger partial charge in [0.1, 0.15) is 0 Å². The van der Waals surface area contributed by atoms with Gasteiger partial charge in [-0.3, -0.25) is 14.5 Å². The predicted octanol–water partition coefficient (Wildman–Crippen LogP) is 1.50. The Kier molecular flexibility index (Phi) is 5.50. The van der Waals surface area contributed by atoms with Crippen LogP contribution in [0.15, 0.2) is 22.7 Å². The first kappa shape index (κ1) is 15.7. The zero-order valence-corrected chi connectivity index (χ0v) is 12.8. The molecule has 0 aliphatic rings. The Balaban J connectivity index is 2.63. The van der Waals surface area contributed by atoms with E-state index in [2.05, 4.69) is 21.2 Å². The van der Waals surface area contributed by atoms with Crippen molar-refractivity contribution < 1.29 is 9.59 Å². The molecular formula is C13H18BrN3O2. The van der Waals surface area contributed by atoms with E-state index < -0.39 is 11.9 Å². The van der Waals surface area contributed by atoms with Crippen molar-refractivity contribution in [1.82, 2.24) is 4.90 Å². The van der Waals surface area contributed by atoms with Gasteiger partial charge >= 0.3 is 0 Å². The second-order valence-corrected chi connectivity index (χ2v) is 5.42. The number of anilines is 1. The molecule has 1 aromatic rings. The summed E-state index contributed by atoms with van der Waals surface area (Å²) in [6.45, 7) is 3.69. The Morgan fingerprint density at radius 2 is 2.11 bits per heavy atom. The average Bonchev–Trinajstić information content (AvgIpc) is 2.31. The van der Waals surface area contributed by atoms with Gasteiger partial charge in [0.15, 0.2) is 0 Å². The number of rotatable bonds is 5. The summed E-state index contributed by atoms with van der Waals surface area (Å²) >= 11 is 3.37. The summed E-state index contributed by atoms with van der Waals surface area (Å²) in [7, 11) is 1.68. The molecule has 0 bridgehead atoms. The highest BCUT2D eigenvalue weighted by Gasteiger charge is 2.17. The number of aryl methyl sites for hydroxylation is 1. The smallest absolute Gasteiger partial charge is 0.238 e. The summed E-state index contributed by atoms with van der Waals surface area (Å²) in [5.74, 6) is -0.629. The van der Waals surface area contributed by atoms with E-state index in [-0.39, 0.29) is 12.5 Å². The van der Waals surface area contributed by atoms with Gasteiger partial charge in [-0.05, 0) is 44.7 Å². The fourth-order valence-electron chi connectivity index (χ4n) is 1.54. The van der Waals surface area contributed by atoms with E-state index in [1.165, 1.54) is 0 Å². The summed E-state index contributed by atoms with van der Waals surface area (Å²) in [5.41, 5.74) is 6.91. The summed E-state index contributed by atoms with van der Waals surface area (Å²) in [4.78, 5) is 24.5. The molecular weight excluding hydrogens is 310 g/mol. The van der Waals surface area contributed by atoms with Crippen LogP contribution in [0.25, 0.3) is 0 Å². The van der Waals surface area contributed by atoms with E-state index in [0.29, 0.717) is 0 Å². The Morgan fingerprint density at radius 3 is 2.63 bits per heavy atom. The summed E-state index contributed by atoms with van der Waals surface area (Å²) in [5, 5.41) is 2.81. The number of likely N-dealkylation sites (N-methyl/N-ethyl adjacent to an activating group) is 1. The topological polar surface area (TPSA) is 75.4 Å². The van der Waals surface area contributed by atoms with E-state index in [1.54, 1.807) is 18.9 Å². The molecule has 0 saturated heterocycles. The fourth-order valence-corrected chi connectivity index (χ4v) is 2.01. The molecule has 0 fully saturated rings. The minimum absolute atomic E-state index is 0.111. The number of benzene rings is 1. The third kappa shape index (κ3) is 4.65. The lowest BCUT2D eigenvalue weighted by atomic mass is 10.2. The van der Waals surface area contributed by atoms with E-state index in [9.17, 15) is 9.59 Å². The highest BCUT2D eigenvalue weighted by molar-refractivity contribution is 9.10. The van der Waals surface area contributed by atoms with Gasteiger partial charge in [-0.1, -0.05) is 15.9 Å². The molecule has 0 aliphatic carbocycles. The van der Waals surface area contributed by atoms with Crippen LogP contribution in [-0.2, 0) is 9.59 Å². The third-order valence-electron chi connectivity index (χ3n) is 2.93. The van der Waals surface area contributed by atoms with Crippen molar-refractivity contribution in [3.8, 4) is 0 Å². The quantitative estimate of drug-likeness (QED) is 0.860. The van der Waals surface area contributed by atoms with Crippen LogP contribution in [0.2, 0.25) is 0 Å². The van der Waals surface area contributed by atoms with E-state index in [0.717, 1.165) is 15.7 Å². The maximum Gasteiger partial charge on any atom is 0.238 e. The van der Waals surface area contributed by atoms with Gasteiger partial charge in [-0.2, -0.15) is 0 Å². The van der Waals surface area contributed by atoms with Gasteiger partial charge in [-0.25, -0.2) is 0 Å². The lowest BCUT2D eigenvalue weighted by Gasteiger charge is -2.21. The highest BCUT2D eigenvalue weighted by atomic mass is 79.9. The van der Waals surface area contributed by atoms with Crippen LogP contribution >= 0.6 is 15.9 Å². The van der Waals surface area contributed by atoms with Gasteiger partial charge in [-0.15, -0.1) is 0 Å². The Hall–Kier alpha value is -1.40. The number of hydrogen-bond acceptors (Lipinski definition) is 3. The maximum atomic E-state index is 11.9. The van der Waals surface area contributed by atoms with Gasteiger partial charge in [0.05, 0.1) is 12.6 Å². The number of hydrogen-bond donors (Lipinski definition) is 2. The Bertz CT molecular complexity index is 491. The summed E-state index contributed by atoms with van der Waals surface area (Å²) < 4.78 is 0.961. The molecule has 1 atom stereocenters. The molecule has 0 spiro atoms. The van der Waals surface area contributed by atoms with E-state index >= 15 is 0 Å². The van der Waals surface area contributed by atoms with Crippen LogP contribution in [0.5, 0.6) is 0 Å². The van der Waals surface area contributed by atoms with Crippen LogP contribution in [-0.4, -0.2) is 36.3 Å². The van der Waals surface area contributed by atoms with Crippen molar-refractivity contribution in [3.05, 3.63) is 28.2 Å². The largest absolute Gasteiger partial charge is 0.368 e.